The molecule has 2 rings (SSSR count). The number of amides is 1. The molecule has 2 N–H and O–H groups in total. The molecule has 0 fully saturated rings. The van der Waals surface area contributed by atoms with Gasteiger partial charge >= 0.3 is 0 Å². The number of hydrogen-bond donors (Lipinski definition) is 2. The van der Waals surface area contributed by atoms with E-state index in [1.807, 2.05) is 30.3 Å². The Morgan fingerprint density at radius 3 is 2.57 bits per heavy atom. The summed E-state index contributed by atoms with van der Waals surface area (Å²) in [7, 11) is 0. The van der Waals surface area contributed by atoms with Crippen molar-refractivity contribution in [3.63, 3.8) is 0 Å². The smallest absolute Gasteiger partial charge is 0.225 e. The van der Waals surface area contributed by atoms with Gasteiger partial charge in [-0.25, -0.2) is 0 Å². The van der Waals surface area contributed by atoms with Crippen molar-refractivity contribution in [2.45, 2.75) is 13.0 Å². The van der Waals surface area contributed by atoms with E-state index in [0.29, 0.717) is 28.7 Å². The Balaban J connectivity index is 1.74. The van der Waals surface area contributed by atoms with Crippen LogP contribution in [0.2, 0.25) is 10.0 Å². The minimum absolute atomic E-state index is 0.0975. The number of carbonyl (C=O) groups is 1. The molecule has 0 spiro atoms. The van der Waals surface area contributed by atoms with E-state index in [2.05, 4.69) is 10.6 Å². The summed E-state index contributed by atoms with van der Waals surface area (Å²) >= 11 is 11.9. The average molecular weight is 323 g/mol. The second-order valence-corrected chi connectivity index (χ2v) is 5.43. The Bertz CT molecular complexity index is 602. The van der Waals surface area contributed by atoms with Crippen molar-refractivity contribution in [2.75, 3.05) is 11.9 Å². The lowest BCUT2D eigenvalue weighted by Gasteiger charge is -2.08. The Morgan fingerprint density at radius 1 is 1.05 bits per heavy atom. The normalized spacial score (nSPS) is 10.4. The van der Waals surface area contributed by atoms with Gasteiger partial charge in [0, 0.05) is 24.5 Å². The number of hydrogen-bond acceptors (Lipinski definition) is 2. The monoisotopic (exact) mass is 322 g/mol. The van der Waals surface area contributed by atoms with E-state index in [0.717, 1.165) is 6.54 Å². The molecule has 5 heteroatoms. The average Bonchev–Trinajstić information content (AvgIpc) is 2.48. The molecular formula is C16H16Cl2N2O. The number of anilines is 1. The van der Waals surface area contributed by atoms with Gasteiger partial charge in [0.05, 0.1) is 10.7 Å². The van der Waals surface area contributed by atoms with Crippen molar-refractivity contribution >= 4 is 34.8 Å². The summed E-state index contributed by atoms with van der Waals surface area (Å²) in [5.74, 6) is -0.0975. The highest BCUT2D eigenvalue weighted by atomic mass is 35.5. The molecule has 0 saturated carbocycles. The van der Waals surface area contributed by atoms with Crippen LogP contribution in [0.15, 0.2) is 48.5 Å². The predicted molar refractivity (Wildman–Crippen MR) is 87.9 cm³/mol. The largest absolute Gasteiger partial charge is 0.325 e. The molecule has 0 unspecified atom stereocenters. The summed E-state index contributed by atoms with van der Waals surface area (Å²) < 4.78 is 0. The number of carbonyl (C=O) groups excluding carboxylic acids is 1. The van der Waals surface area contributed by atoms with Gasteiger partial charge in [-0.2, -0.15) is 0 Å². The van der Waals surface area contributed by atoms with Crippen molar-refractivity contribution in [1.29, 1.82) is 0 Å². The molecule has 0 heterocycles. The summed E-state index contributed by atoms with van der Waals surface area (Å²) in [6.07, 6.45) is 0.371. The maximum absolute atomic E-state index is 11.8. The van der Waals surface area contributed by atoms with E-state index < -0.39 is 0 Å². The number of rotatable bonds is 6. The van der Waals surface area contributed by atoms with Crippen LogP contribution in [0.4, 0.5) is 5.69 Å². The first kappa shape index (κ1) is 15.8. The van der Waals surface area contributed by atoms with E-state index in [-0.39, 0.29) is 5.91 Å². The number of halogens is 2. The molecule has 0 aliphatic rings. The van der Waals surface area contributed by atoms with Gasteiger partial charge in [0.25, 0.3) is 0 Å². The fourth-order valence-electron chi connectivity index (χ4n) is 1.84. The van der Waals surface area contributed by atoms with Crippen LogP contribution in [-0.2, 0) is 11.3 Å². The van der Waals surface area contributed by atoms with Crippen LogP contribution in [0.5, 0.6) is 0 Å². The molecule has 0 atom stereocenters. The van der Waals surface area contributed by atoms with Crippen LogP contribution in [-0.4, -0.2) is 12.5 Å². The first-order chi connectivity index (χ1) is 10.1. The second-order valence-electron chi connectivity index (χ2n) is 4.58. The van der Waals surface area contributed by atoms with Gasteiger partial charge in [0.2, 0.25) is 5.91 Å². The summed E-state index contributed by atoms with van der Waals surface area (Å²) in [6.45, 7) is 1.34. The highest BCUT2D eigenvalue weighted by Gasteiger charge is 2.06. The fourth-order valence-corrected chi connectivity index (χ4v) is 2.17. The molecule has 3 nitrogen and oxygen atoms in total. The molecule has 0 radical (unpaired) electrons. The number of benzene rings is 2. The third-order valence-electron chi connectivity index (χ3n) is 2.90. The minimum atomic E-state index is -0.0975. The molecule has 110 valence electrons. The highest BCUT2D eigenvalue weighted by molar-refractivity contribution is 6.35. The van der Waals surface area contributed by atoms with Crippen LogP contribution in [0.1, 0.15) is 12.0 Å². The van der Waals surface area contributed by atoms with E-state index in [1.165, 1.54) is 5.56 Å². The Hall–Kier alpha value is -1.55. The number of nitrogens with one attached hydrogen (secondary N) is 2. The molecule has 1 amide bonds. The minimum Gasteiger partial charge on any atom is -0.325 e. The molecule has 0 aliphatic carbocycles. The molecule has 0 saturated heterocycles. The summed E-state index contributed by atoms with van der Waals surface area (Å²) in [4.78, 5) is 11.8. The zero-order valence-electron chi connectivity index (χ0n) is 11.4. The van der Waals surface area contributed by atoms with E-state index >= 15 is 0 Å². The van der Waals surface area contributed by atoms with E-state index in [1.54, 1.807) is 18.2 Å². The summed E-state index contributed by atoms with van der Waals surface area (Å²) in [5.41, 5.74) is 1.73. The maximum atomic E-state index is 11.8. The van der Waals surface area contributed by atoms with E-state index in [9.17, 15) is 4.79 Å². The molecule has 2 aromatic rings. The Labute approximate surface area is 134 Å². The van der Waals surface area contributed by atoms with Gasteiger partial charge in [0.15, 0.2) is 0 Å². The van der Waals surface area contributed by atoms with Crippen molar-refractivity contribution in [2.24, 2.45) is 0 Å². The third-order valence-corrected chi connectivity index (χ3v) is 3.47. The van der Waals surface area contributed by atoms with Crippen LogP contribution >= 0.6 is 23.2 Å². The highest BCUT2D eigenvalue weighted by Crippen LogP contribution is 2.25. The Kier molecular flexibility index (Phi) is 6.05. The van der Waals surface area contributed by atoms with E-state index in [4.69, 9.17) is 23.2 Å². The van der Waals surface area contributed by atoms with Crippen molar-refractivity contribution < 1.29 is 4.79 Å². The Morgan fingerprint density at radius 2 is 1.81 bits per heavy atom. The standard InChI is InChI=1S/C16H16Cl2N2O/c17-13-6-7-14(18)15(10-13)20-16(21)8-9-19-11-12-4-2-1-3-5-12/h1-7,10,19H,8-9,11H2,(H,20,21). The zero-order valence-corrected chi connectivity index (χ0v) is 12.9. The lowest BCUT2D eigenvalue weighted by Crippen LogP contribution is -2.21. The molecule has 0 bridgehead atoms. The maximum Gasteiger partial charge on any atom is 0.225 e. The lowest BCUT2D eigenvalue weighted by molar-refractivity contribution is -0.116. The topological polar surface area (TPSA) is 41.1 Å². The predicted octanol–water partition coefficient (Wildman–Crippen LogP) is 4.11. The molecule has 0 aromatic heterocycles. The summed E-state index contributed by atoms with van der Waals surface area (Å²) in [6, 6.07) is 15.0. The quantitative estimate of drug-likeness (QED) is 0.786. The van der Waals surface area contributed by atoms with Crippen LogP contribution in [0.25, 0.3) is 0 Å². The van der Waals surface area contributed by atoms with Gasteiger partial charge < -0.3 is 10.6 Å². The van der Waals surface area contributed by atoms with Crippen molar-refractivity contribution in [1.82, 2.24) is 5.32 Å². The molecular weight excluding hydrogens is 307 g/mol. The van der Waals surface area contributed by atoms with Gasteiger partial charge in [-0.1, -0.05) is 53.5 Å². The van der Waals surface area contributed by atoms with Gasteiger partial charge in [-0.3, -0.25) is 4.79 Å². The van der Waals surface area contributed by atoms with Crippen LogP contribution in [0.3, 0.4) is 0 Å². The zero-order chi connectivity index (χ0) is 15.1. The fraction of sp³-hybridized carbons (Fsp3) is 0.188. The van der Waals surface area contributed by atoms with Crippen molar-refractivity contribution in [3.8, 4) is 0 Å². The lowest BCUT2D eigenvalue weighted by atomic mass is 10.2. The van der Waals surface area contributed by atoms with Crippen molar-refractivity contribution in [3.05, 3.63) is 64.1 Å². The van der Waals surface area contributed by atoms with Gasteiger partial charge in [0.1, 0.15) is 0 Å². The molecule has 0 aliphatic heterocycles. The SMILES string of the molecule is O=C(CCNCc1ccccc1)Nc1cc(Cl)ccc1Cl. The third kappa shape index (κ3) is 5.38. The molecule has 21 heavy (non-hydrogen) atoms. The van der Waals surface area contributed by atoms with Gasteiger partial charge in [-0.05, 0) is 23.8 Å². The van der Waals surface area contributed by atoms with Crippen LogP contribution < -0.4 is 10.6 Å². The van der Waals surface area contributed by atoms with Crippen LogP contribution in [0, 0.1) is 0 Å². The second kappa shape index (κ2) is 8.03. The first-order valence-electron chi connectivity index (χ1n) is 6.65. The first-order valence-corrected chi connectivity index (χ1v) is 7.40. The molecule has 2 aromatic carbocycles. The summed E-state index contributed by atoms with van der Waals surface area (Å²) in [5, 5.41) is 6.99. The van der Waals surface area contributed by atoms with Gasteiger partial charge in [-0.15, -0.1) is 0 Å².